The molecule has 184 valence electrons. The lowest BCUT2D eigenvalue weighted by Crippen LogP contribution is -2.47. The van der Waals surface area contributed by atoms with Gasteiger partial charge in [-0.25, -0.2) is 8.42 Å². The molecule has 1 heterocycles. The number of hydrogen-bond donors (Lipinski definition) is 2. The molecule has 2 aromatic carbocycles. The largest absolute Gasteiger partial charge is 0.385 e. The number of carbonyl (C=O) groups excluding carboxylic acids is 2. The Hall–Kier alpha value is -2.79. The van der Waals surface area contributed by atoms with E-state index >= 15 is 0 Å². The molecule has 1 aliphatic rings. The summed E-state index contributed by atoms with van der Waals surface area (Å²) in [7, 11) is -1.53. The number of amides is 2. The lowest BCUT2D eigenvalue weighted by molar-refractivity contribution is 0.0949. The highest BCUT2D eigenvalue weighted by Gasteiger charge is 2.23. The van der Waals surface area contributed by atoms with E-state index in [0.717, 1.165) is 5.56 Å². The Kier molecular flexibility index (Phi) is 9.17. The van der Waals surface area contributed by atoms with E-state index in [2.05, 4.69) is 15.5 Å². The zero-order valence-electron chi connectivity index (χ0n) is 19.6. The summed E-state index contributed by atoms with van der Waals surface area (Å²) in [6.07, 6.45) is 1.94. The minimum atomic E-state index is -3.15. The molecule has 34 heavy (non-hydrogen) atoms. The van der Waals surface area contributed by atoms with Crippen LogP contribution in [0.3, 0.4) is 0 Å². The summed E-state index contributed by atoms with van der Waals surface area (Å²) in [6, 6.07) is 14.2. The van der Waals surface area contributed by atoms with Crippen LogP contribution in [0.4, 0.5) is 5.69 Å². The number of nitrogens with zero attached hydrogens (tertiary/aromatic N) is 2. The fourth-order valence-corrected chi connectivity index (χ4v) is 4.56. The number of ether oxygens (including phenoxy) is 1. The third-order valence-electron chi connectivity index (χ3n) is 5.65. The van der Waals surface area contributed by atoms with E-state index in [0.29, 0.717) is 69.1 Å². The molecule has 0 saturated carbocycles. The molecule has 10 heteroatoms. The molecule has 2 aromatic rings. The number of rotatable bonds is 10. The predicted octanol–water partition coefficient (Wildman–Crippen LogP) is 1.78. The first-order valence-electron chi connectivity index (χ1n) is 11.2. The number of anilines is 1. The molecule has 1 aliphatic heterocycles. The summed E-state index contributed by atoms with van der Waals surface area (Å²) in [4.78, 5) is 27.5. The van der Waals surface area contributed by atoms with Crippen molar-refractivity contribution in [3.63, 3.8) is 0 Å². The van der Waals surface area contributed by atoms with Crippen LogP contribution in [-0.2, 0) is 21.3 Å². The highest BCUT2D eigenvalue weighted by atomic mass is 32.2. The molecular weight excluding hydrogens is 456 g/mol. The van der Waals surface area contributed by atoms with Crippen molar-refractivity contribution in [3.05, 3.63) is 65.2 Å². The number of para-hydroxylation sites is 1. The van der Waals surface area contributed by atoms with Gasteiger partial charge in [-0.2, -0.15) is 4.31 Å². The van der Waals surface area contributed by atoms with Crippen molar-refractivity contribution in [2.45, 2.75) is 13.0 Å². The van der Waals surface area contributed by atoms with Crippen LogP contribution in [0.25, 0.3) is 0 Å². The second-order valence-corrected chi connectivity index (χ2v) is 10.2. The van der Waals surface area contributed by atoms with Crippen LogP contribution in [0.15, 0.2) is 48.5 Å². The van der Waals surface area contributed by atoms with Gasteiger partial charge in [0.05, 0.1) is 17.5 Å². The first kappa shape index (κ1) is 25.8. The molecular formula is C24H32N4O5S. The Morgan fingerprint density at radius 2 is 1.65 bits per heavy atom. The molecule has 0 radical (unpaired) electrons. The van der Waals surface area contributed by atoms with Gasteiger partial charge in [-0.3, -0.25) is 14.5 Å². The van der Waals surface area contributed by atoms with Crippen LogP contribution >= 0.6 is 0 Å². The molecule has 2 amide bonds. The van der Waals surface area contributed by atoms with E-state index in [-0.39, 0.29) is 11.8 Å². The molecule has 2 N–H and O–H groups in total. The van der Waals surface area contributed by atoms with Gasteiger partial charge in [0.25, 0.3) is 11.8 Å². The van der Waals surface area contributed by atoms with Crippen molar-refractivity contribution in [1.82, 2.24) is 14.5 Å². The van der Waals surface area contributed by atoms with Gasteiger partial charge in [-0.1, -0.05) is 24.3 Å². The van der Waals surface area contributed by atoms with Crippen LogP contribution in [0, 0.1) is 0 Å². The lowest BCUT2D eigenvalue weighted by Gasteiger charge is -2.33. The molecule has 1 fully saturated rings. The van der Waals surface area contributed by atoms with Gasteiger partial charge < -0.3 is 15.4 Å². The zero-order valence-corrected chi connectivity index (χ0v) is 20.4. The summed E-state index contributed by atoms with van der Waals surface area (Å²) >= 11 is 0. The van der Waals surface area contributed by atoms with Crippen LogP contribution < -0.4 is 10.6 Å². The Morgan fingerprint density at radius 3 is 2.29 bits per heavy atom. The van der Waals surface area contributed by atoms with Gasteiger partial charge in [-0.15, -0.1) is 0 Å². The van der Waals surface area contributed by atoms with E-state index in [4.69, 9.17) is 4.74 Å². The van der Waals surface area contributed by atoms with E-state index in [1.165, 1.54) is 10.6 Å². The summed E-state index contributed by atoms with van der Waals surface area (Å²) in [5.74, 6) is -0.550. The molecule has 0 bridgehead atoms. The maximum atomic E-state index is 12.8. The lowest BCUT2D eigenvalue weighted by atomic mass is 10.1. The Labute approximate surface area is 201 Å². The maximum absolute atomic E-state index is 12.8. The number of carbonyl (C=O) groups is 2. The number of nitrogens with one attached hydrogen (secondary N) is 2. The van der Waals surface area contributed by atoms with E-state index in [1.807, 2.05) is 12.1 Å². The third kappa shape index (κ3) is 7.36. The van der Waals surface area contributed by atoms with Crippen LogP contribution in [0.1, 0.15) is 32.7 Å². The monoisotopic (exact) mass is 488 g/mol. The molecule has 0 unspecified atom stereocenters. The standard InChI is InChI=1S/C24H32N4O5S/c1-33-17-5-12-25-24(30)21-6-3-4-7-22(21)26-23(29)20-10-8-19(9-11-20)18-27-13-15-28(16-14-27)34(2,31)32/h3-4,6-11H,5,12-18H2,1-2H3,(H,25,30)(H,26,29). The molecule has 0 aliphatic carbocycles. The predicted molar refractivity (Wildman–Crippen MR) is 131 cm³/mol. The fraction of sp³-hybridized carbons (Fsp3) is 0.417. The van der Waals surface area contributed by atoms with Crippen LogP contribution in [0.2, 0.25) is 0 Å². The molecule has 1 saturated heterocycles. The zero-order chi connectivity index (χ0) is 24.6. The van der Waals surface area contributed by atoms with Crippen molar-refractivity contribution in [1.29, 1.82) is 0 Å². The van der Waals surface area contributed by atoms with Gasteiger partial charge in [0.1, 0.15) is 0 Å². The number of benzene rings is 2. The van der Waals surface area contributed by atoms with Gasteiger partial charge in [0.2, 0.25) is 10.0 Å². The normalized spacial score (nSPS) is 15.1. The topological polar surface area (TPSA) is 108 Å². The molecule has 0 aromatic heterocycles. The van der Waals surface area contributed by atoms with Crippen molar-refractivity contribution in [2.75, 3.05) is 58.0 Å². The van der Waals surface area contributed by atoms with Crippen molar-refractivity contribution >= 4 is 27.5 Å². The van der Waals surface area contributed by atoms with Gasteiger partial charge in [-0.05, 0) is 36.2 Å². The van der Waals surface area contributed by atoms with Crippen molar-refractivity contribution in [3.8, 4) is 0 Å². The third-order valence-corrected chi connectivity index (χ3v) is 6.96. The Bertz CT molecular complexity index is 1080. The summed E-state index contributed by atoms with van der Waals surface area (Å²) < 4.78 is 29.8. The molecule has 0 atom stereocenters. The number of piperazine rings is 1. The summed E-state index contributed by atoms with van der Waals surface area (Å²) in [6.45, 7) is 4.04. The van der Waals surface area contributed by atoms with E-state index < -0.39 is 10.0 Å². The van der Waals surface area contributed by atoms with E-state index in [1.54, 1.807) is 43.5 Å². The molecule has 9 nitrogen and oxygen atoms in total. The van der Waals surface area contributed by atoms with Gasteiger partial charge in [0, 0.05) is 58.5 Å². The minimum absolute atomic E-state index is 0.252. The molecule has 3 rings (SSSR count). The fourth-order valence-electron chi connectivity index (χ4n) is 3.74. The number of methoxy groups -OCH3 is 1. The SMILES string of the molecule is COCCCNC(=O)c1ccccc1NC(=O)c1ccc(CN2CCN(S(C)(=O)=O)CC2)cc1. The van der Waals surface area contributed by atoms with Gasteiger partial charge >= 0.3 is 0 Å². The molecule has 0 spiro atoms. The highest BCUT2D eigenvalue weighted by Crippen LogP contribution is 2.17. The Balaban J connectivity index is 1.56. The maximum Gasteiger partial charge on any atom is 0.255 e. The highest BCUT2D eigenvalue weighted by molar-refractivity contribution is 7.88. The number of sulfonamides is 1. The smallest absolute Gasteiger partial charge is 0.255 e. The number of hydrogen-bond acceptors (Lipinski definition) is 6. The average Bonchev–Trinajstić information content (AvgIpc) is 2.82. The Morgan fingerprint density at radius 1 is 0.971 bits per heavy atom. The van der Waals surface area contributed by atoms with Crippen molar-refractivity contribution < 1.29 is 22.7 Å². The second-order valence-electron chi connectivity index (χ2n) is 8.24. The average molecular weight is 489 g/mol. The summed E-state index contributed by atoms with van der Waals surface area (Å²) in [5, 5.41) is 5.66. The van der Waals surface area contributed by atoms with Crippen LogP contribution in [0.5, 0.6) is 0 Å². The first-order valence-corrected chi connectivity index (χ1v) is 13.1. The van der Waals surface area contributed by atoms with Crippen LogP contribution in [-0.4, -0.2) is 82.1 Å². The summed E-state index contributed by atoms with van der Waals surface area (Å²) in [5.41, 5.74) is 2.38. The van der Waals surface area contributed by atoms with Gasteiger partial charge in [0.15, 0.2) is 0 Å². The first-order chi connectivity index (χ1) is 16.3. The van der Waals surface area contributed by atoms with Crippen molar-refractivity contribution in [2.24, 2.45) is 0 Å². The minimum Gasteiger partial charge on any atom is -0.385 e. The quantitative estimate of drug-likeness (QED) is 0.494. The second kappa shape index (κ2) is 12.1. The van der Waals surface area contributed by atoms with E-state index in [9.17, 15) is 18.0 Å².